The van der Waals surface area contributed by atoms with E-state index < -0.39 is 0 Å². The summed E-state index contributed by atoms with van der Waals surface area (Å²) in [6, 6.07) is 68.6. The average Bonchev–Trinajstić information content (AvgIpc) is 1.65. The minimum absolute atomic E-state index is 0.00660. The predicted molar refractivity (Wildman–Crippen MR) is 563 cm³/mol. The van der Waals surface area contributed by atoms with E-state index in [9.17, 15) is 33.9 Å². The van der Waals surface area contributed by atoms with E-state index in [1.165, 1.54) is 18.4 Å². The maximum Gasteiger partial charge on any atom is 0.224 e. The smallest absolute Gasteiger partial charge is 0.224 e. The number of aryl methyl sites for hydroxylation is 9. The van der Waals surface area contributed by atoms with E-state index in [0.717, 1.165) is 113 Å². The molecule has 13 rings (SSSR count). The highest BCUT2D eigenvalue weighted by molar-refractivity contribution is 6.34. The second-order valence-electron chi connectivity index (χ2n) is 32.7. The predicted octanol–water partition coefficient (Wildman–Crippen LogP) is 29.4. The van der Waals surface area contributed by atoms with Crippen molar-refractivity contribution in [3.05, 3.63) is 343 Å². The molecule has 12 aromatic carbocycles. The van der Waals surface area contributed by atoms with Crippen molar-refractivity contribution < 1.29 is 67.0 Å². The molecule has 0 heterocycles. The average molecular weight is 1990 g/mol. The molecule has 1 saturated carbocycles. The van der Waals surface area contributed by atoms with Gasteiger partial charge in [-0.1, -0.05) is 221 Å². The maximum absolute atomic E-state index is 11.8. The largest absolute Gasteiger partial charge is 0.493 e. The van der Waals surface area contributed by atoms with E-state index in [1.54, 1.807) is 25.1 Å². The molecule has 0 bridgehead atoms. The summed E-state index contributed by atoms with van der Waals surface area (Å²) in [5.74, 6) is 4.87. The lowest BCUT2D eigenvalue weighted by Crippen LogP contribution is -2.13. The lowest BCUT2D eigenvalue weighted by molar-refractivity contribution is -0.116. The molecular formula is C112H126Cl6N6O14. The van der Waals surface area contributed by atoms with E-state index in [2.05, 4.69) is 51.0 Å². The monoisotopic (exact) mass is 1990 g/mol. The number of carbonyl (C=O) groups excluding carboxylic acids is 6. The van der Waals surface area contributed by atoms with Crippen molar-refractivity contribution in [3.63, 3.8) is 0 Å². The Kier molecular flexibility index (Phi) is 46.0. The first kappa shape index (κ1) is 111. The molecule has 0 atom stereocenters. The summed E-state index contributed by atoms with van der Waals surface area (Å²) in [7, 11) is 0. The van der Waals surface area contributed by atoms with E-state index in [4.69, 9.17) is 103 Å². The fourth-order valence-corrected chi connectivity index (χ4v) is 15.5. The zero-order valence-corrected chi connectivity index (χ0v) is 85.9. The molecule has 0 radical (unpaired) electrons. The van der Waals surface area contributed by atoms with Crippen LogP contribution in [-0.2, 0) is 81.4 Å². The number of aliphatic hydroxyl groups excluding tert-OH is 1. The van der Waals surface area contributed by atoms with Crippen LogP contribution in [0, 0.1) is 55.4 Å². The van der Waals surface area contributed by atoms with Crippen molar-refractivity contribution in [2.24, 2.45) is 0 Å². The van der Waals surface area contributed by atoms with Gasteiger partial charge in [-0.15, -0.1) is 0 Å². The molecule has 1 aliphatic carbocycles. The third-order valence-electron chi connectivity index (χ3n) is 21.9. The molecule has 1 aliphatic rings. The molecule has 0 spiro atoms. The van der Waals surface area contributed by atoms with Crippen molar-refractivity contribution in [3.8, 4) is 40.2 Å². The Morgan fingerprint density at radius 2 is 0.514 bits per heavy atom. The Morgan fingerprint density at radius 1 is 0.275 bits per heavy atom. The molecule has 0 unspecified atom stereocenters. The van der Waals surface area contributed by atoms with Gasteiger partial charge in [0.15, 0.2) is 0 Å². The van der Waals surface area contributed by atoms with Crippen LogP contribution in [0.1, 0.15) is 207 Å². The van der Waals surface area contributed by atoms with Crippen LogP contribution in [0.5, 0.6) is 40.2 Å². The maximum atomic E-state index is 11.8. The Labute approximate surface area is 842 Å². The van der Waals surface area contributed by atoms with Crippen LogP contribution in [-0.4, -0.2) is 47.2 Å². The van der Waals surface area contributed by atoms with Gasteiger partial charge in [0.25, 0.3) is 0 Å². The summed E-state index contributed by atoms with van der Waals surface area (Å²) < 4.78 is 40.8. The molecule has 0 saturated heterocycles. The number of aliphatic hydroxyl groups is 1. The number of anilines is 6. The first-order valence-electron chi connectivity index (χ1n) is 46.2. The highest BCUT2D eigenvalue weighted by Crippen LogP contribution is 2.45. The lowest BCUT2D eigenvalue weighted by atomic mass is 10.0. The van der Waals surface area contributed by atoms with Gasteiger partial charge in [-0.2, -0.15) is 0 Å². The minimum atomic E-state index is -0.129. The van der Waals surface area contributed by atoms with Crippen molar-refractivity contribution in [1.82, 2.24) is 0 Å². The van der Waals surface area contributed by atoms with E-state index in [1.807, 2.05) is 285 Å². The van der Waals surface area contributed by atoms with Crippen LogP contribution in [0.25, 0.3) is 0 Å². The van der Waals surface area contributed by atoms with Gasteiger partial charge in [-0.3, -0.25) is 28.8 Å². The van der Waals surface area contributed by atoms with Crippen molar-refractivity contribution in [2.75, 3.05) is 38.5 Å². The molecule has 26 heteroatoms. The van der Waals surface area contributed by atoms with Crippen LogP contribution in [0.15, 0.2) is 218 Å². The fourth-order valence-electron chi connectivity index (χ4n) is 13.8. The van der Waals surface area contributed by atoms with Crippen LogP contribution in [0.2, 0.25) is 30.1 Å². The number of amides is 6. The van der Waals surface area contributed by atoms with Gasteiger partial charge in [-0.25, -0.2) is 0 Å². The van der Waals surface area contributed by atoms with Crippen molar-refractivity contribution in [2.45, 2.75) is 221 Å². The number of ether oxygens (including phenoxy) is 7. The third-order valence-corrected chi connectivity index (χ3v) is 23.7. The fraction of sp³-hybridized carbons (Fsp3) is 0.304. The molecule has 730 valence electrons. The summed E-state index contributed by atoms with van der Waals surface area (Å²) >= 11 is 37.2. The number of nitrogens with one attached hydrogen (secondary N) is 6. The molecular weight excluding hydrogens is 1870 g/mol. The summed E-state index contributed by atoms with van der Waals surface area (Å²) in [6.45, 7) is 33.1. The number of carbonyl (C=O) groups is 6. The number of benzene rings is 12. The van der Waals surface area contributed by atoms with Crippen LogP contribution in [0.3, 0.4) is 0 Å². The Bertz CT molecular complexity index is 5890. The molecule has 0 aromatic heterocycles. The zero-order valence-electron chi connectivity index (χ0n) is 81.4. The van der Waals surface area contributed by atoms with E-state index in [0.29, 0.717) is 165 Å². The van der Waals surface area contributed by atoms with Gasteiger partial charge in [0.1, 0.15) is 79.9 Å². The zero-order chi connectivity index (χ0) is 100. The van der Waals surface area contributed by atoms with Gasteiger partial charge >= 0.3 is 0 Å². The summed E-state index contributed by atoms with van der Waals surface area (Å²) in [5.41, 5.74) is 21.8. The number of hydrogen-bond donors (Lipinski definition) is 7. The molecule has 6 amide bonds. The molecule has 20 nitrogen and oxygen atoms in total. The SMILES string of the molecule is CCC(=O)Nc1cccc(C)c1COc1ccc(C)cc1Cl.CCC(=O)Nc1cccc(C)c1COc1ccc(C)cc1Cl.CCC(=O)Nc1cccc(C2CC2)c1COc1ccc(C)cc1Cl.CCC(=O)Nc1cccc(CC)c1COc1ccc(C)cc1Cl.CCC(=O)Nc1cccc(CO)c1COc1ccc(C)cc1Cl.CCOc1cccc(NC(=O)CC)c1COc1ccc(C)cc1Cl. The second kappa shape index (κ2) is 57.2. The Hall–Kier alpha value is -12.2. The lowest BCUT2D eigenvalue weighted by Gasteiger charge is -2.17. The molecule has 7 N–H and O–H groups in total. The minimum Gasteiger partial charge on any atom is -0.493 e. The normalized spacial score (nSPS) is 10.9. The van der Waals surface area contributed by atoms with Crippen molar-refractivity contribution >= 4 is 139 Å². The third kappa shape index (κ3) is 35.3. The quantitative estimate of drug-likeness (QED) is 0.0195. The van der Waals surface area contributed by atoms with Gasteiger partial charge in [-0.05, 0) is 264 Å². The van der Waals surface area contributed by atoms with Gasteiger partial charge < -0.3 is 70.2 Å². The molecule has 138 heavy (non-hydrogen) atoms. The second-order valence-corrected chi connectivity index (χ2v) is 35.2. The van der Waals surface area contributed by atoms with Gasteiger partial charge in [0.2, 0.25) is 35.4 Å². The molecule has 1 fully saturated rings. The number of halogens is 6. The van der Waals surface area contributed by atoms with Gasteiger partial charge in [0.05, 0.1) is 54.6 Å². The summed E-state index contributed by atoms with van der Waals surface area (Å²) in [4.78, 5) is 70.2. The first-order valence-corrected chi connectivity index (χ1v) is 48.5. The summed E-state index contributed by atoms with van der Waals surface area (Å²) in [6.07, 6.45) is 5.84. The highest BCUT2D eigenvalue weighted by Gasteiger charge is 2.28. The van der Waals surface area contributed by atoms with Crippen LogP contribution < -0.4 is 65.1 Å². The van der Waals surface area contributed by atoms with Crippen LogP contribution in [0.4, 0.5) is 34.1 Å². The Balaban J connectivity index is 0.000000203. The number of rotatable bonds is 35. The topological polar surface area (TPSA) is 259 Å². The number of hydrogen-bond acceptors (Lipinski definition) is 14. The molecule has 12 aromatic rings. The first-order chi connectivity index (χ1) is 66.2. The summed E-state index contributed by atoms with van der Waals surface area (Å²) in [5, 5.41) is 30.5. The highest BCUT2D eigenvalue weighted by atomic mass is 35.5. The standard InChI is InChI=1S/C20H22ClNO2.C19H22ClNO3.C19H22ClNO2.C18H20ClNO3.2C18H20ClNO2/c1-3-20(23)22-18-6-4-5-15(14-8-9-14)16(18)12-24-19-10-7-13(2)11-17(19)21;1-4-19(22)21-16-7-6-8-17(23-5-2)14(16)12-24-18-10-9-13(3)11-15(18)20;1-4-14-7-6-8-17(21-19(22)5-2)15(14)12-23-18-10-9-13(3)11-16(18)20;1-3-18(22)20-16-6-4-5-13(10-21)14(16)11-23-17-8-7-12(2)9-15(17)19;2*1-4-18(21)20-16-7-5-6-13(3)14(16)11-22-17-9-8-12(2)10-15(17)19/h4-7,10-11,14H,3,8-9,12H2,1-2H3,(H,22,23);6-11H,4-5,12H2,1-3H3,(H,21,22);6-11H,4-5,12H2,1-3H3,(H,21,22);4-9,21H,3,10-11H2,1-2H3,(H,20,22);2*5-10H,4,11H2,1-3H3,(H,20,21). The van der Waals surface area contributed by atoms with Crippen molar-refractivity contribution in [1.29, 1.82) is 0 Å². The Morgan fingerprint density at radius 3 is 0.790 bits per heavy atom. The van der Waals surface area contributed by atoms with E-state index >= 15 is 0 Å². The van der Waals surface area contributed by atoms with Gasteiger partial charge in [0, 0.05) is 94.8 Å². The molecule has 0 aliphatic heterocycles. The van der Waals surface area contributed by atoms with E-state index in [-0.39, 0.29) is 55.3 Å². The van der Waals surface area contributed by atoms with Crippen LogP contribution >= 0.6 is 69.6 Å².